The molecule has 0 aromatic rings. The highest BCUT2D eigenvalue weighted by molar-refractivity contribution is 5.74. The molecule has 1 aliphatic carbocycles. The van der Waals surface area contributed by atoms with Gasteiger partial charge in [0.05, 0.1) is 12.5 Å². The molecule has 0 fully saturated rings. The van der Waals surface area contributed by atoms with E-state index in [9.17, 15) is 4.79 Å². The average Bonchev–Trinajstić information content (AvgIpc) is 2.44. The molecular weight excluding hydrogens is 260 g/mol. The maximum Gasteiger partial charge on any atom is 0.312 e. The SMILES string of the molecule is CCCCCCCC/C1=C/C(C(=O)OCC)CCCCC1. The van der Waals surface area contributed by atoms with Crippen molar-refractivity contribution in [1.82, 2.24) is 0 Å². The van der Waals surface area contributed by atoms with Crippen molar-refractivity contribution in [2.45, 2.75) is 90.9 Å². The first-order chi connectivity index (χ1) is 10.3. The van der Waals surface area contributed by atoms with E-state index in [4.69, 9.17) is 4.74 Å². The monoisotopic (exact) mass is 294 g/mol. The van der Waals surface area contributed by atoms with Gasteiger partial charge < -0.3 is 4.74 Å². The summed E-state index contributed by atoms with van der Waals surface area (Å²) < 4.78 is 5.21. The molecule has 0 amide bonds. The highest BCUT2D eigenvalue weighted by Crippen LogP contribution is 2.25. The second-order valence-corrected chi connectivity index (χ2v) is 6.30. The molecule has 0 radical (unpaired) electrons. The van der Waals surface area contributed by atoms with Crippen LogP contribution in [-0.4, -0.2) is 12.6 Å². The number of hydrogen-bond acceptors (Lipinski definition) is 2. The summed E-state index contributed by atoms with van der Waals surface area (Å²) in [5, 5.41) is 0. The zero-order chi connectivity index (χ0) is 15.3. The fourth-order valence-corrected chi connectivity index (χ4v) is 3.12. The third-order valence-electron chi connectivity index (χ3n) is 4.39. The first kappa shape index (κ1) is 18.3. The fraction of sp³-hybridized carbons (Fsp3) is 0.842. The topological polar surface area (TPSA) is 26.3 Å². The number of hydrogen-bond donors (Lipinski definition) is 0. The molecule has 0 aliphatic heterocycles. The molecule has 1 unspecified atom stereocenters. The highest BCUT2D eigenvalue weighted by atomic mass is 16.5. The summed E-state index contributed by atoms with van der Waals surface area (Å²) in [5.74, 6) is 0.000173. The van der Waals surface area contributed by atoms with Gasteiger partial charge in [-0.25, -0.2) is 0 Å². The van der Waals surface area contributed by atoms with Crippen LogP contribution in [0.1, 0.15) is 90.9 Å². The van der Waals surface area contributed by atoms with E-state index in [-0.39, 0.29) is 11.9 Å². The molecule has 0 saturated carbocycles. The van der Waals surface area contributed by atoms with Crippen molar-refractivity contribution in [3.63, 3.8) is 0 Å². The Morgan fingerprint density at radius 3 is 2.62 bits per heavy atom. The van der Waals surface area contributed by atoms with Crippen LogP contribution in [0.4, 0.5) is 0 Å². The van der Waals surface area contributed by atoms with Crippen LogP contribution in [0, 0.1) is 5.92 Å². The molecule has 0 spiro atoms. The van der Waals surface area contributed by atoms with Crippen molar-refractivity contribution >= 4 is 5.97 Å². The van der Waals surface area contributed by atoms with Crippen LogP contribution in [0.25, 0.3) is 0 Å². The van der Waals surface area contributed by atoms with Crippen molar-refractivity contribution < 1.29 is 9.53 Å². The van der Waals surface area contributed by atoms with Gasteiger partial charge in [0.15, 0.2) is 0 Å². The Morgan fingerprint density at radius 1 is 1.10 bits per heavy atom. The van der Waals surface area contributed by atoms with E-state index >= 15 is 0 Å². The van der Waals surface area contributed by atoms with Crippen LogP contribution in [-0.2, 0) is 9.53 Å². The molecule has 1 rings (SSSR count). The number of esters is 1. The lowest BCUT2D eigenvalue weighted by Crippen LogP contribution is -2.17. The molecule has 2 heteroatoms. The van der Waals surface area contributed by atoms with Crippen molar-refractivity contribution in [2.24, 2.45) is 5.92 Å². The first-order valence-electron chi connectivity index (χ1n) is 9.14. The zero-order valence-electron chi connectivity index (χ0n) is 14.2. The number of unbranched alkanes of at least 4 members (excludes halogenated alkanes) is 5. The van der Waals surface area contributed by atoms with E-state index in [0.29, 0.717) is 6.61 Å². The van der Waals surface area contributed by atoms with Gasteiger partial charge in [-0.1, -0.05) is 63.5 Å². The largest absolute Gasteiger partial charge is 0.466 e. The standard InChI is InChI=1S/C19H34O2/c1-3-5-6-7-8-10-13-17-14-11-9-12-15-18(16-17)19(20)21-4-2/h16,18H,3-15H2,1-2H3/b17-16-. The van der Waals surface area contributed by atoms with Crippen LogP contribution in [0.15, 0.2) is 11.6 Å². The molecule has 21 heavy (non-hydrogen) atoms. The Bertz CT molecular complexity index is 307. The summed E-state index contributed by atoms with van der Waals surface area (Å²) in [7, 11) is 0. The minimum absolute atomic E-state index is 0.0140. The van der Waals surface area contributed by atoms with Crippen LogP contribution in [0.3, 0.4) is 0 Å². The van der Waals surface area contributed by atoms with Crippen LogP contribution in [0.2, 0.25) is 0 Å². The third-order valence-corrected chi connectivity index (χ3v) is 4.39. The Kier molecular flexibility index (Phi) is 10.3. The molecule has 1 atom stereocenters. The fourth-order valence-electron chi connectivity index (χ4n) is 3.12. The Morgan fingerprint density at radius 2 is 1.86 bits per heavy atom. The van der Waals surface area contributed by atoms with E-state index < -0.39 is 0 Å². The summed E-state index contributed by atoms with van der Waals surface area (Å²) >= 11 is 0. The summed E-state index contributed by atoms with van der Waals surface area (Å²) in [4.78, 5) is 12.0. The van der Waals surface area contributed by atoms with Gasteiger partial charge in [-0.05, 0) is 39.0 Å². The minimum Gasteiger partial charge on any atom is -0.466 e. The number of rotatable bonds is 9. The molecule has 0 saturated heterocycles. The number of ether oxygens (including phenoxy) is 1. The maximum absolute atomic E-state index is 12.0. The molecule has 0 aromatic heterocycles. The van der Waals surface area contributed by atoms with E-state index in [1.165, 1.54) is 69.8 Å². The molecule has 2 nitrogen and oxygen atoms in total. The predicted molar refractivity (Wildman–Crippen MR) is 89.3 cm³/mol. The van der Waals surface area contributed by atoms with Crippen molar-refractivity contribution in [2.75, 3.05) is 6.61 Å². The Labute approximate surface area is 131 Å². The lowest BCUT2D eigenvalue weighted by molar-refractivity contribution is -0.146. The van der Waals surface area contributed by atoms with Crippen molar-refractivity contribution in [1.29, 1.82) is 0 Å². The van der Waals surface area contributed by atoms with Crippen molar-refractivity contribution in [3.05, 3.63) is 11.6 Å². The third kappa shape index (κ3) is 8.28. The zero-order valence-corrected chi connectivity index (χ0v) is 14.2. The molecule has 0 N–H and O–H groups in total. The van der Waals surface area contributed by atoms with Gasteiger partial charge in [0, 0.05) is 0 Å². The molecular formula is C19H34O2. The summed E-state index contributed by atoms with van der Waals surface area (Å²) in [5.41, 5.74) is 1.50. The van der Waals surface area contributed by atoms with E-state index in [1.807, 2.05) is 6.92 Å². The summed E-state index contributed by atoms with van der Waals surface area (Å²) in [6, 6.07) is 0. The number of carbonyl (C=O) groups excluding carboxylic acids is 1. The molecule has 0 heterocycles. The van der Waals surface area contributed by atoms with Gasteiger partial charge in [-0.3, -0.25) is 4.79 Å². The second kappa shape index (κ2) is 11.8. The van der Waals surface area contributed by atoms with Gasteiger partial charge >= 0.3 is 5.97 Å². The Hall–Kier alpha value is -0.790. The average molecular weight is 294 g/mol. The lowest BCUT2D eigenvalue weighted by atomic mass is 9.90. The van der Waals surface area contributed by atoms with Gasteiger partial charge in [0.2, 0.25) is 0 Å². The molecule has 122 valence electrons. The molecule has 0 bridgehead atoms. The molecule has 1 aliphatic rings. The minimum atomic E-state index is -0.0140. The van der Waals surface area contributed by atoms with Crippen LogP contribution < -0.4 is 0 Å². The smallest absolute Gasteiger partial charge is 0.312 e. The van der Waals surface area contributed by atoms with Gasteiger partial charge in [-0.2, -0.15) is 0 Å². The predicted octanol–water partition coefficient (Wildman–Crippen LogP) is 5.81. The van der Waals surface area contributed by atoms with Crippen LogP contribution in [0.5, 0.6) is 0 Å². The van der Waals surface area contributed by atoms with Gasteiger partial charge in [0.25, 0.3) is 0 Å². The lowest BCUT2D eigenvalue weighted by Gasteiger charge is -2.18. The quantitative estimate of drug-likeness (QED) is 0.305. The highest BCUT2D eigenvalue weighted by Gasteiger charge is 2.19. The van der Waals surface area contributed by atoms with Crippen LogP contribution >= 0.6 is 0 Å². The van der Waals surface area contributed by atoms with Gasteiger partial charge in [-0.15, -0.1) is 0 Å². The maximum atomic E-state index is 12.0. The normalized spacial score (nSPS) is 22.0. The molecule has 0 aromatic carbocycles. The number of carbonyl (C=O) groups is 1. The summed E-state index contributed by atoms with van der Waals surface area (Å²) in [6.45, 7) is 4.65. The van der Waals surface area contributed by atoms with E-state index in [1.54, 1.807) is 0 Å². The van der Waals surface area contributed by atoms with Gasteiger partial charge in [0.1, 0.15) is 0 Å². The summed E-state index contributed by atoms with van der Waals surface area (Å²) in [6.07, 6.45) is 17.3. The van der Waals surface area contributed by atoms with Crippen molar-refractivity contribution in [3.8, 4) is 0 Å². The second-order valence-electron chi connectivity index (χ2n) is 6.30. The number of allylic oxidation sites excluding steroid dienone is 1. The Balaban J connectivity index is 2.39. The first-order valence-corrected chi connectivity index (χ1v) is 9.14. The van der Waals surface area contributed by atoms with E-state index in [0.717, 1.165) is 12.8 Å². The van der Waals surface area contributed by atoms with E-state index in [2.05, 4.69) is 13.0 Å².